The number of carbonyl (C=O) groups excluding carboxylic acids is 1. The normalized spacial score (nSPS) is 17.9. The molecule has 23 heavy (non-hydrogen) atoms. The van der Waals surface area contributed by atoms with E-state index in [9.17, 15) is 22.0 Å². The van der Waals surface area contributed by atoms with Gasteiger partial charge in [-0.25, -0.2) is 17.2 Å². The number of rotatable bonds is 5. The molecule has 1 aliphatic heterocycles. The van der Waals surface area contributed by atoms with E-state index in [0.717, 1.165) is 12.1 Å². The number of likely N-dealkylation sites (N-methyl/N-ethyl adjacent to an activating group) is 1. The van der Waals surface area contributed by atoms with E-state index in [1.165, 1.54) is 11.0 Å². The second kappa shape index (κ2) is 7.35. The van der Waals surface area contributed by atoms with Crippen molar-refractivity contribution in [2.75, 3.05) is 37.7 Å². The minimum absolute atomic E-state index is 0.0361. The highest BCUT2D eigenvalue weighted by atomic mass is 32.2. The molecule has 128 valence electrons. The fourth-order valence-corrected chi connectivity index (χ4v) is 3.73. The maximum Gasteiger partial charge on any atom is 0.237 e. The molecule has 0 bridgehead atoms. The van der Waals surface area contributed by atoms with Crippen molar-refractivity contribution in [3.8, 4) is 0 Å². The Morgan fingerprint density at radius 3 is 2.30 bits per heavy atom. The van der Waals surface area contributed by atoms with E-state index in [1.54, 1.807) is 11.8 Å². The first-order valence-electron chi connectivity index (χ1n) is 7.46. The van der Waals surface area contributed by atoms with E-state index < -0.39 is 21.5 Å². The predicted molar refractivity (Wildman–Crippen MR) is 82.5 cm³/mol. The SMILES string of the molecule is CCN(Cc1c(F)cccc1F)C(=O)CN1CCS(=O)(=O)CC1. The van der Waals surface area contributed by atoms with Crippen LogP contribution >= 0.6 is 0 Å². The lowest BCUT2D eigenvalue weighted by molar-refractivity contribution is -0.132. The van der Waals surface area contributed by atoms with E-state index >= 15 is 0 Å². The van der Waals surface area contributed by atoms with Crippen LogP contribution in [0.25, 0.3) is 0 Å². The lowest BCUT2D eigenvalue weighted by atomic mass is 10.2. The standard InChI is InChI=1S/C15H20F2N2O3S/c1-2-19(10-12-13(16)4-3-5-14(12)17)15(20)11-18-6-8-23(21,22)9-7-18/h3-5H,2,6-11H2,1H3. The summed E-state index contributed by atoms with van der Waals surface area (Å²) >= 11 is 0. The Bertz CT molecular complexity index is 645. The van der Waals surface area contributed by atoms with Crippen LogP contribution in [0.4, 0.5) is 8.78 Å². The number of amides is 1. The van der Waals surface area contributed by atoms with Gasteiger partial charge in [0.25, 0.3) is 0 Å². The van der Waals surface area contributed by atoms with Crippen molar-refractivity contribution in [1.29, 1.82) is 0 Å². The van der Waals surface area contributed by atoms with Gasteiger partial charge in [-0.1, -0.05) is 6.07 Å². The average molecular weight is 346 g/mol. The van der Waals surface area contributed by atoms with Crippen LogP contribution in [0.1, 0.15) is 12.5 Å². The Morgan fingerprint density at radius 2 is 1.78 bits per heavy atom. The van der Waals surface area contributed by atoms with Crippen molar-refractivity contribution in [2.45, 2.75) is 13.5 Å². The molecule has 0 aromatic heterocycles. The summed E-state index contributed by atoms with van der Waals surface area (Å²) in [5, 5.41) is 0. The maximum atomic E-state index is 13.7. The van der Waals surface area contributed by atoms with Crippen molar-refractivity contribution >= 4 is 15.7 Å². The van der Waals surface area contributed by atoms with Gasteiger partial charge in [0.15, 0.2) is 9.84 Å². The lowest BCUT2D eigenvalue weighted by Gasteiger charge is -2.29. The van der Waals surface area contributed by atoms with Crippen LogP contribution in [0, 0.1) is 11.6 Å². The third kappa shape index (κ3) is 4.71. The Kier molecular flexibility index (Phi) is 5.69. The Labute approximate surface area is 134 Å². The van der Waals surface area contributed by atoms with Gasteiger partial charge in [0, 0.05) is 25.2 Å². The molecule has 0 saturated carbocycles. The molecule has 0 atom stereocenters. The summed E-state index contributed by atoms with van der Waals surface area (Å²) in [5.74, 6) is -1.56. The van der Waals surface area contributed by atoms with E-state index in [1.807, 2.05) is 0 Å². The summed E-state index contributed by atoms with van der Waals surface area (Å²) in [4.78, 5) is 15.4. The molecule has 0 N–H and O–H groups in total. The summed E-state index contributed by atoms with van der Waals surface area (Å²) in [6, 6.07) is 3.60. The zero-order chi connectivity index (χ0) is 17.0. The van der Waals surface area contributed by atoms with Crippen LogP contribution in [-0.4, -0.2) is 61.8 Å². The van der Waals surface area contributed by atoms with Gasteiger partial charge in [0.2, 0.25) is 5.91 Å². The fraction of sp³-hybridized carbons (Fsp3) is 0.533. The van der Waals surface area contributed by atoms with Crippen LogP contribution in [0.3, 0.4) is 0 Å². The molecule has 1 aliphatic rings. The van der Waals surface area contributed by atoms with Gasteiger partial charge < -0.3 is 4.90 Å². The first-order valence-corrected chi connectivity index (χ1v) is 9.28. The number of hydrogen-bond acceptors (Lipinski definition) is 4. The molecule has 1 saturated heterocycles. The van der Waals surface area contributed by atoms with Gasteiger partial charge >= 0.3 is 0 Å². The third-order valence-corrected chi connectivity index (χ3v) is 5.55. The summed E-state index contributed by atoms with van der Waals surface area (Å²) in [6.07, 6.45) is 0. The Morgan fingerprint density at radius 1 is 1.22 bits per heavy atom. The van der Waals surface area contributed by atoms with E-state index in [0.29, 0.717) is 19.6 Å². The van der Waals surface area contributed by atoms with E-state index in [4.69, 9.17) is 0 Å². The van der Waals surface area contributed by atoms with Crippen molar-refractivity contribution in [1.82, 2.24) is 9.80 Å². The smallest absolute Gasteiger partial charge is 0.237 e. The van der Waals surface area contributed by atoms with Crippen molar-refractivity contribution in [3.05, 3.63) is 35.4 Å². The summed E-state index contributed by atoms with van der Waals surface area (Å²) in [6.45, 7) is 2.58. The molecule has 0 spiro atoms. The van der Waals surface area contributed by atoms with Crippen molar-refractivity contribution in [3.63, 3.8) is 0 Å². The first-order chi connectivity index (χ1) is 10.8. The second-order valence-electron chi connectivity index (χ2n) is 5.54. The summed E-state index contributed by atoms with van der Waals surface area (Å²) < 4.78 is 50.2. The minimum Gasteiger partial charge on any atom is -0.337 e. The molecule has 0 radical (unpaired) electrons. The van der Waals surface area contributed by atoms with Crippen LogP contribution < -0.4 is 0 Å². The maximum absolute atomic E-state index is 13.7. The van der Waals surface area contributed by atoms with Gasteiger partial charge in [-0.2, -0.15) is 0 Å². The highest BCUT2D eigenvalue weighted by Gasteiger charge is 2.25. The lowest BCUT2D eigenvalue weighted by Crippen LogP contribution is -2.46. The number of nitrogens with zero attached hydrogens (tertiary/aromatic N) is 2. The molecule has 1 aromatic rings. The summed E-state index contributed by atoms with van der Waals surface area (Å²) in [5.41, 5.74) is -0.135. The molecular weight excluding hydrogens is 326 g/mol. The van der Waals surface area contributed by atoms with Gasteiger partial charge in [-0.05, 0) is 19.1 Å². The van der Waals surface area contributed by atoms with Crippen LogP contribution in [0.2, 0.25) is 0 Å². The number of sulfone groups is 1. The van der Waals surface area contributed by atoms with Crippen LogP contribution in [0.15, 0.2) is 18.2 Å². The largest absolute Gasteiger partial charge is 0.337 e. The van der Waals surface area contributed by atoms with Gasteiger partial charge in [-0.3, -0.25) is 9.69 Å². The molecule has 1 amide bonds. The van der Waals surface area contributed by atoms with E-state index in [2.05, 4.69) is 0 Å². The molecule has 5 nitrogen and oxygen atoms in total. The zero-order valence-corrected chi connectivity index (χ0v) is 13.8. The highest BCUT2D eigenvalue weighted by molar-refractivity contribution is 7.91. The average Bonchev–Trinajstić information content (AvgIpc) is 2.49. The van der Waals surface area contributed by atoms with Gasteiger partial charge in [0.1, 0.15) is 11.6 Å². The van der Waals surface area contributed by atoms with Gasteiger partial charge in [0.05, 0.1) is 24.6 Å². The highest BCUT2D eigenvalue weighted by Crippen LogP contribution is 2.15. The fourth-order valence-electron chi connectivity index (χ4n) is 2.45. The van der Waals surface area contributed by atoms with Crippen molar-refractivity contribution < 1.29 is 22.0 Å². The first kappa shape index (κ1) is 17.8. The Hall–Kier alpha value is -1.54. The molecule has 0 aliphatic carbocycles. The predicted octanol–water partition coefficient (Wildman–Crippen LogP) is 1.04. The zero-order valence-electron chi connectivity index (χ0n) is 13.0. The number of hydrogen-bond donors (Lipinski definition) is 0. The molecule has 0 unspecified atom stereocenters. The molecule has 1 heterocycles. The third-order valence-electron chi connectivity index (χ3n) is 3.94. The second-order valence-corrected chi connectivity index (χ2v) is 7.84. The summed E-state index contributed by atoms with van der Waals surface area (Å²) in [7, 11) is -3.00. The number of benzene rings is 1. The molecule has 1 aromatic carbocycles. The van der Waals surface area contributed by atoms with Gasteiger partial charge in [-0.15, -0.1) is 0 Å². The van der Waals surface area contributed by atoms with Crippen LogP contribution in [0.5, 0.6) is 0 Å². The molecule has 2 rings (SSSR count). The molecular formula is C15H20F2N2O3S. The topological polar surface area (TPSA) is 57.7 Å². The van der Waals surface area contributed by atoms with E-state index in [-0.39, 0.29) is 36.1 Å². The minimum atomic E-state index is -3.00. The van der Waals surface area contributed by atoms with Crippen LogP contribution in [-0.2, 0) is 21.2 Å². The monoisotopic (exact) mass is 346 g/mol. The number of halogens is 2. The quantitative estimate of drug-likeness (QED) is 0.800. The van der Waals surface area contributed by atoms with Crippen molar-refractivity contribution in [2.24, 2.45) is 0 Å². The number of carbonyl (C=O) groups is 1. The molecule has 1 fully saturated rings. The Balaban J connectivity index is 1.99. The molecule has 8 heteroatoms.